The highest BCUT2D eigenvalue weighted by Gasteiger charge is 2.24. The zero-order chi connectivity index (χ0) is 11.3. The fourth-order valence-electron chi connectivity index (χ4n) is 2.33. The molecule has 2 N–H and O–H groups in total. The topological polar surface area (TPSA) is 52.6 Å². The molecule has 0 saturated carbocycles. The van der Waals surface area contributed by atoms with Crippen LogP contribution in [0.1, 0.15) is 25.7 Å². The van der Waals surface area contributed by atoms with E-state index in [4.69, 9.17) is 5.11 Å². The molecule has 1 aliphatic rings. The molecule has 0 bridgehead atoms. The molecule has 0 aromatic heterocycles. The normalized spacial score (nSPS) is 21.5. The van der Waals surface area contributed by atoms with E-state index in [0.29, 0.717) is 12.0 Å². The Morgan fingerprint density at radius 3 is 2.60 bits per heavy atom. The minimum Gasteiger partial charge on any atom is -0.481 e. The molecule has 15 heavy (non-hydrogen) atoms. The molecule has 1 aliphatic heterocycles. The predicted octanol–water partition coefficient (Wildman–Crippen LogP) is 0.781. The molecule has 4 heteroatoms. The lowest BCUT2D eigenvalue weighted by molar-refractivity contribution is -0.137. The minimum absolute atomic E-state index is 0.276. The second kappa shape index (κ2) is 6.08. The van der Waals surface area contributed by atoms with Crippen molar-refractivity contribution in [3.8, 4) is 0 Å². The summed E-state index contributed by atoms with van der Waals surface area (Å²) in [5.41, 5.74) is 0. The van der Waals surface area contributed by atoms with Crippen LogP contribution in [-0.2, 0) is 4.79 Å². The van der Waals surface area contributed by atoms with Gasteiger partial charge in [0.25, 0.3) is 0 Å². The lowest BCUT2D eigenvalue weighted by Crippen LogP contribution is -2.41. The number of rotatable bonds is 5. The Bertz CT molecular complexity index is 201. The maximum Gasteiger partial charge on any atom is 0.303 e. The highest BCUT2D eigenvalue weighted by Crippen LogP contribution is 2.22. The largest absolute Gasteiger partial charge is 0.481 e. The first kappa shape index (κ1) is 12.5. The predicted molar refractivity (Wildman–Crippen MR) is 59.9 cm³/mol. The molecule has 1 fully saturated rings. The van der Waals surface area contributed by atoms with Crippen LogP contribution in [0, 0.1) is 5.92 Å². The van der Waals surface area contributed by atoms with E-state index in [1.165, 1.54) is 12.8 Å². The summed E-state index contributed by atoms with van der Waals surface area (Å²) < 4.78 is 0. The van der Waals surface area contributed by atoms with Gasteiger partial charge in [-0.15, -0.1) is 0 Å². The monoisotopic (exact) mass is 214 g/mol. The van der Waals surface area contributed by atoms with Crippen molar-refractivity contribution in [2.45, 2.75) is 31.7 Å². The minimum atomic E-state index is -0.692. The van der Waals surface area contributed by atoms with E-state index in [1.54, 1.807) is 0 Å². The lowest BCUT2D eigenvalue weighted by Gasteiger charge is -2.34. The summed E-state index contributed by atoms with van der Waals surface area (Å²) in [4.78, 5) is 12.9. The van der Waals surface area contributed by atoms with Gasteiger partial charge in [0.05, 0.1) is 0 Å². The van der Waals surface area contributed by atoms with Crippen molar-refractivity contribution in [1.82, 2.24) is 10.2 Å². The second-order valence-electron chi connectivity index (χ2n) is 4.47. The van der Waals surface area contributed by atoms with Crippen LogP contribution in [0.4, 0.5) is 0 Å². The summed E-state index contributed by atoms with van der Waals surface area (Å²) >= 11 is 0. The van der Waals surface area contributed by atoms with E-state index in [2.05, 4.69) is 17.3 Å². The van der Waals surface area contributed by atoms with Gasteiger partial charge in [0.1, 0.15) is 0 Å². The quantitative estimate of drug-likeness (QED) is 0.710. The van der Waals surface area contributed by atoms with E-state index in [0.717, 1.165) is 19.5 Å². The summed E-state index contributed by atoms with van der Waals surface area (Å²) in [6.07, 6.45) is 3.39. The van der Waals surface area contributed by atoms with Gasteiger partial charge in [0, 0.05) is 12.5 Å². The second-order valence-corrected chi connectivity index (χ2v) is 4.47. The summed E-state index contributed by atoms with van der Waals surface area (Å²) in [7, 11) is 4.08. The summed E-state index contributed by atoms with van der Waals surface area (Å²) in [6, 6.07) is 0.370. The van der Waals surface area contributed by atoms with E-state index >= 15 is 0 Å². The Morgan fingerprint density at radius 2 is 2.13 bits per heavy atom. The standard InChI is InChI=1S/C11H22N2O2/c1-12-10(3-4-11(14)15)9-5-7-13(2)8-6-9/h9-10,12H,3-8H2,1-2H3,(H,14,15). The van der Waals surface area contributed by atoms with Crippen molar-refractivity contribution in [1.29, 1.82) is 0 Å². The molecule has 0 spiro atoms. The van der Waals surface area contributed by atoms with E-state index in [1.807, 2.05) is 7.05 Å². The molecule has 0 amide bonds. The molecule has 4 nitrogen and oxygen atoms in total. The number of carboxylic acids is 1. The molecular weight excluding hydrogens is 192 g/mol. The Kier molecular flexibility index (Phi) is 5.05. The Hall–Kier alpha value is -0.610. The number of hydrogen-bond acceptors (Lipinski definition) is 3. The maximum atomic E-state index is 10.5. The number of piperidine rings is 1. The zero-order valence-corrected chi connectivity index (χ0v) is 9.70. The van der Waals surface area contributed by atoms with Gasteiger partial charge < -0.3 is 15.3 Å². The van der Waals surface area contributed by atoms with Crippen molar-refractivity contribution >= 4 is 5.97 Å². The van der Waals surface area contributed by atoms with Crippen molar-refractivity contribution in [3.63, 3.8) is 0 Å². The Morgan fingerprint density at radius 1 is 1.53 bits per heavy atom. The van der Waals surface area contributed by atoms with Crippen molar-refractivity contribution in [3.05, 3.63) is 0 Å². The molecule has 88 valence electrons. The molecule has 1 saturated heterocycles. The third-order valence-electron chi connectivity index (χ3n) is 3.37. The third-order valence-corrected chi connectivity index (χ3v) is 3.37. The number of carboxylic acid groups (broad SMARTS) is 1. The number of carbonyl (C=O) groups is 1. The third kappa shape index (κ3) is 4.18. The molecule has 0 aliphatic carbocycles. The number of nitrogens with one attached hydrogen (secondary N) is 1. The van der Waals surface area contributed by atoms with E-state index in [-0.39, 0.29) is 6.42 Å². The molecule has 1 unspecified atom stereocenters. The smallest absolute Gasteiger partial charge is 0.303 e. The van der Waals surface area contributed by atoms with Gasteiger partial charge in [-0.1, -0.05) is 0 Å². The molecule has 1 atom stereocenters. The highest BCUT2D eigenvalue weighted by molar-refractivity contribution is 5.66. The maximum absolute atomic E-state index is 10.5. The molecule has 0 radical (unpaired) electrons. The fourth-order valence-corrected chi connectivity index (χ4v) is 2.33. The lowest BCUT2D eigenvalue weighted by atomic mass is 9.87. The highest BCUT2D eigenvalue weighted by atomic mass is 16.4. The Labute approximate surface area is 91.6 Å². The van der Waals surface area contributed by atoms with Crippen molar-refractivity contribution in [2.24, 2.45) is 5.92 Å². The van der Waals surface area contributed by atoms with Gasteiger partial charge in [-0.3, -0.25) is 4.79 Å². The van der Waals surface area contributed by atoms with Crippen LogP contribution in [0.25, 0.3) is 0 Å². The average Bonchev–Trinajstić information content (AvgIpc) is 2.21. The van der Waals surface area contributed by atoms with Crippen LogP contribution in [0.2, 0.25) is 0 Å². The molecule has 1 rings (SSSR count). The van der Waals surface area contributed by atoms with Crippen molar-refractivity contribution in [2.75, 3.05) is 27.2 Å². The van der Waals surface area contributed by atoms with Gasteiger partial charge in [-0.2, -0.15) is 0 Å². The van der Waals surface area contributed by atoms with Gasteiger partial charge in [0.15, 0.2) is 0 Å². The summed E-state index contributed by atoms with van der Waals surface area (Å²) in [6.45, 7) is 2.27. The van der Waals surface area contributed by atoms with Crippen LogP contribution >= 0.6 is 0 Å². The van der Waals surface area contributed by atoms with Crippen LogP contribution in [-0.4, -0.2) is 49.2 Å². The number of likely N-dealkylation sites (tertiary alicyclic amines) is 1. The van der Waals surface area contributed by atoms with Crippen LogP contribution in [0.5, 0.6) is 0 Å². The number of aliphatic carboxylic acids is 1. The molecule has 1 heterocycles. The Balaban J connectivity index is 2.34. The fraction of sp³-hybridized carbons (Fsp3) is 0.909. The number of hydrogen-bond donors (Lipinski definition) is 2. The van der Waals surface area contributed by atoms with Crippen LogP contribution in [0.15, 0.2) is 0 Å². The first-order valence-electron chi connectivity index (χ1n) is 5.71. The summed E-state index contributed by atoms with van der Waals surface area (Å²) in [5.74, 6) is -0.0475. The SMILES string of the molecule is CNC(CCC(=O)O)C1CCN(C)CC1. The first-order chi connectivity index (χ1) is 7.13. The van der Waals surface area contributed by atoms with Gasteiger partial charge in [-0.25, -0.2) is 0 Å². The molecule has 0 aromatic carbocycles. The van der Waals surface area contributed by atoms with E-state index in [9.17, 15) is 4.79 Å². The molecule has 0 aromatic rings. The van der Waals surface area contributed by atoms with Gasteiger partial charge in [-0.05, 0) is 52.4 Å². The zero-order valence-electron chi connectivity index (χ0n) is 9.70. The van der Waals surface area contributed by atoms with Gasteiger partial charge >= 0.3 is 5.97 Å². The first-order valence-corrected chi connectivity index (χ1v) is 5.71. The van der Waals surface area contributed by atoms with Crippen LogP contribution in [0.3, 0.4) is 0 Å². The van der Waals surface area contributed by atoms with Crippen molar-refractivity contribution < 1.29 is 9.90 Å². The summed E-state index contributed by atoms with van der Waals surface area (Å²) in [5, 5.41) is 11.9. The molecular formula is C11H22N2O2. The number of nitrogens with zero attached hydrogens (tertiary/aromatic N) is 1. The van der Waals surface area contributed by atoms with Gasteiger partial charge in [0.2, 0.25) is 0 Å². The average molecular weight is 214 g/mol. The van der Waals surface area contributed by atoms with E-state index < -0.39 is 5.97 Å². The van der Waals surface area contributed by atoms with Crippen LogP contribution < -0.4 is 5.32 Å².